The van der Waals surface area contributed by atoms with Gasteiger partial charge in [-0.1, -0.05) is 37.6 Å². The second kappa shape index (κ2) is 5.55. The molecule has 1 heteroatoms. The van der Waals surface area contributed by atoms with E-state index in [0.29, 0.717) is 0 Å². The molecule has 0 aromatic carbocycles. The van der Waals surface area contributed by atoms with Gasteiger partial charge in [0.1, 0.15) is 0 Å². The average molecular weight is 158 g/mol. The molecule has 1 atom stereocenters. The van der Waals surface area contributed by atoms with Crippen LogP contribution < -0.4 is 0 Å². The normalized spacial score (nSPS) is 14.9. The summed E-state index contributed by atoms with van der Waals surface area (Å²) in [4.78, 5) is 0. The van der Waals surface area contributed by atoms with Crippen molar-refractivity contribution in [2.75, 3.05) is 0 Å². The lowest BCUT2D eigenvalue weighted by molar-refractivity contribution is 0.869. The minimum atomic E-state index is 0.121. The van der Waals surface area contributed by atoms with Crippen molar-refractivity contribution in [3.05, 3.63) is 31.2 Å². The van der Waals surface area contributed by atoms with Gasteiger partial charge in [0.25, 0.3) is 0 Å². The van der Waals surface area contributed by atoms with Crippen molar-refractivity contribution < 1.29 is 0 Å². The molecule has 10 heavy (non-hydrogen) atoms. The number of halogens is 1. The molecular formula is C9H14Cl. The number of alkyl halides is 1. The summed E-state index contributed by atoms with van der Waals surface area (Å²) in [6, 6.07) is 0. The Morgan fingerprint density at radius 1 is 1.70 bits per heavy atom. The number of hydrogen-bond donors (Lipinski definition) is 0. The van der Waals surface area contributed by atoms with Gasteiger partial charge in [-0.15, -0.1) is 11.6 Å². The molecule has 0 aliphatic heterocycles. The molecule has 0 fully saturated rings. The zero-order valence-corrected chi connectivity index (χ0v) is 7.19. The number of allylic oxidation sites excluding steroid dienone is 3. The Morgan fingerprint density at radius 3 is 2.70 bits per heavy atom. The predicted octanol–water partition coefficient (Wildman–Crippen LogP) is 3.34. The van der Waals surface area contributed by atoms with Gasteiger partial charge in [0, 0.05) is 0 Å². The monoisotopic (exact) mass is 157 g/mol. The van der Waals surface area contributed by atoms with E-state index < -0.39 is 0 Å². The van der Waals surface area contributed by atoms with Crippen LogP contribution in [0.15, 0.2) is 24.3 Å². The first kappa shape index (κ1) is 9.77. The van der Waals surface area contributed by atoms with Crippen LogP contribution in [0.2, 0.25) is 0 Å². The molecule has 0 amide bonds. The van der Waals surface area contributed by atoms with Crippen LogP contribution in [0.1, 0.15) is 19.8 Å². The second-order valence-corrected chi connectivity index (χ2v) is 2.83. The van der Waals surface area contributed by atoms with E-state index in [1.165, 1.54) is 0 Å². The van der Waals surface area contributed by atoms with Gasteiger partial charge < -0.3 is 0 Å². The van der Waals surface area contributed by atoms with Crippen LogP contribution in [0.25, 0.3) is 0 Å². The summed E-state index contributed by atoms with van der Waals surface area (Å²) in [6.45, 7) is 9.34. The highest BCUT2D eigenvalue weighted by molar-refractivity contribution is 6.21. The summed E-state index contributed by atoms with van der Waals surface area (Å²) < 4.78 is 0. The largest absolute Gasteiger partial charge is 0.118 e. The van der Waals surface area contributed by atoms with Gasteiger partial charge in [0.15, 0.2) is 0 Å². The number of rotatable bonds is 4. The van der Waals surface area contributed by atoms with Crippen LogP contribution in [0.4, 0.5) is 0 Å². The molecule has 1 radical (unpaired) electrons. The highest BCUT2D eigenvalue weighted by Crippen LogP contribution is 2.09. The molecule has 0 aromatic heterocycles. The first-order chi connectivity index (χ1) is 4.70. The Labute approximate surface area is 68.6 Å². The van der Waals surface area contributed by atoms with Gasteiger partial charge in [0.05, 0.1) is 5.38 Å². The molecule has 57 valence electrons. The van der Waals surface area contributed by atoms with Crippen LogP contribution in [0.3, 0.4) is 0 Å². The maximum Gasteiger partial charge on any atom is 0.0521 e. The average Bonchev–Trinajstić information content (AvgIpc) is 1.88. The molecule has 0 rings (SSSR count). The fourth-order valence-electron chi connectivity index (χ4n) is 0.632. The Hall–Kier alpha value is -0.230. The van der Waals surface area contributed by atoms with Crippen molar-refractivity contribution >= 4 is 11.6 Å². The summed E-state index contributed by atoms with van der Waals surface area (Å²) in [6.07, 6.45) is 5.63. The van der Waals surface area contributed by atoms with E-state index in [9.17, 15) is 0 Å². The molecule has 0 N–H and O–H groups in total. The summed E-state index contributed by atoms with van der Waals surface area (Å²) >= 11 is 5.89. The van der Waals surface area contributed by atoms with Gasteiger partial charge in [-0.05, 0) is 13.3 Å². The lowest BCUT2D eigenvalue weighted by atomic mass is 10.2. The van der Waals surface area contributed by atoms with Gasteiger partial charge in [0.2, 0.25) is 0 Å². The maximum atomic E-state index is 5.89. The molecule has 0 nitrogen and oxygen atoms in total. The molecule has 1 unspecified atom stereocenters. The molecule has 0 aromatic rings. The molecule has 0 saturated carbocycles. The Morgan fingerprint density at radius 2 is 2.30 bits per heavy atom. The molecule has 0 aliphatic carbocycles. The van der Waals surface area contributed by atoms with Gasteiger partial charge in [-0.2, -0.15) is 0 Å². The molecule has 0 aliphatic rings. The highest BCUT2D eigenvalue weighted by Gasteiger charge is 1.96. The van der Waals surface area contributed by atoms with Crippen LogP contribution >= 0.6 is 11.6 Å². The van der Waals surface area contributed by atoms with Crippen molar-refractivity contribution in [3.8, 4) is 0 Å². The van der Waals surface area contributed by atoms with Crippen molar-refractivity contribution in [1.82, 2.24) is 0 Å². The van der Waals surface area contributed by atoms with Crippen molar-refractivity contribution in [2.45, 2.75) is 25.1 Å². The molecule has 0 spiro atoms. The summed E-state index contributed by atoms with van der Waals surface area (Å²) in [7, 11) is 0. The van der Waals surface area contributed by atoms with Gasteiger partial charge >= 0.3 is 0 Å². The van der Waals surface area contributed by atoms with E-state index in [-0.39, 0.29) is 5.38 Å². The lowest BCUT2D eigenvalue weighted by Crippen LogP contribution is -1.92. The third kappa shape index (κ3) is 4.63. The quantitative estimate of drug-likeness (QED) is 0.434. The molecule has 0 saturated heterocycles. The van der Waals surface area contributed by atoms with Crippen LogP contribution in [0, 0.1) is 6.92 Å². The second-order valence-electron chi connectivity index (χ2n) is 2.27. The fraction of sp³-hybridized carbons (Fsp3) is 0.444. The van der Waals surface area contributed by atoms with E-state index >= 15 is 0 Å². The van der Waals surface area contributed by atoms with E-state index in [4.69, 9.17) is 11.6 Å². The standard InChI is InChI=1S/C9H14Cl/c1-4-6-9(10)7-8(3)5-2/h5,7,9H,1-2,4,6H2,3H3. The SMILES string of the molecule is [CH2]CCC(Cl)C=C(C)C=C. The lowest BCUT2D eigenvalue weighted by Gasteiger charge is -2.00. The summed E-state index contributed by atoms with van der Waals surface area (Å²) in [5.74, 6) is 0. The Kier molecular flexibility index (Phi) is 5.42. The highest BCUT2D eigenvalue weighted by atomic mass is 35.5. The summed E-state index contributed by atoms with van der Waals surface area (Å²) in [5, 5.41) is 0.121. The minimum Gasteiger partial charge on any atom is -0.118 e. The van der Waals surface area contributed by atoms with Crippen molar-refractivity contribution in [3.63, 3.8) is 0 Å². The first-order valence-corrected chi connectivity index (χ1v) is 3.88. The molecule has 0 heterocycles. The third-order valence-electron chi connectivity index (χ3n) is 1.25. The number of hydrogen-bond acceptors (Lipinski definition) is 0. The predicted molar refractivity (Wildman–Crippen MR) is 48.2 cm³/mol. The smallest absolute Gasteiger partial charge is 0.0521 e. The zero-order chi connectivity index (χ0) is 7.98. The topological polar surface area (TPSA) is 0 Å². The van der Waals surface area contributed by atoms with Crippen LogP contribution in [-0.2, 0) is 0 Å². The van der Waals surface area contributed by atoms with E-state index in [1.54, 1.807) is 6.08 Å². The van der Waals surface area contributed by atoms with E-state index in [2.05, 4.69) is 13.5 Å². The van der Waals surface area contributed by atoms with E-state index in [1.807, 2.05) is 13.0 Å². The fourth-order valence-corrected chi connectivity index (χ4v) is 0.985. The van der Waals surface area contributed by atoms with Crippen molar-refractivity contribution in [1.29, 1.82) is 0 Å². The van der Waals surface area contributed by atoms with Crippen LogP contribution in [0.5, 0.6) is 0 Å². The molecule has 0 bridgehead atoms. The van der Waals surface area contributed by atoms with Gasteiger partial charge in [-0.25, -0.2) is 0 Å². The van der Waals surface area contributed by atoms with Crippen molar-refractivity contribution in [2.24, 2.45) is 0 Å². The Balaban J connectivity index is 3.73. The maximum absolute atomic E-state index is 5.89. The van der Waals surface area contributed by atoms with Gasteiger partial charge in [-0.3, -0.25) is 0 Å². The van der Waals surface area contributed by atoms with Crippen LogP contribution in [-0.4, -0.2) is 5.38 Å². The minimum absolute atomic E-state index is 0.121. The Bertz CT molecular complexity index is 125. The first-order valence-electron chi connectivity index (χ1n) is 3.45. The molecular weight excluding hydrogens is 144 g/mol. The summed E-state index contributed by atoms with van der Waals surface area (Å²) in [5.41, 5.74) is 1.13. The zero-order valence-electron chi connectivity index (χ0n) is 6.44. The third-order valence-corrected chi connectivity index (χ3v) is 1.59. The van der Waals surface area contributed by atoms with E-state index in [0.717, 1.165) is 18.4 Å².